The second kappa shape index (κ2) is 16.5. The molecule has 11 nitrogen and oxygen atoms in total. The first-order chi connectivity index (χ1) is 20.8. The van der Waals surface area contributed by atoms with Crippen LogP contribution in [0.15, 0.2) is 18.2 Å². The van der Waals surface area contributed by atoms with Crippen LogP contribution in [0.3, 0.4) is 0 Å². The van der Waals surface area contributed by atoms with Gasteiger partial charge in [0.1, 0.15) is 29.3 Å². The quantitative estimate of drug-likeness (QED) is 0.203. The minimum absolute atomic E-state index is 0.214. The highest BCUT2D eigenvalue weighted by atomic mass is 35.5. The summed E-state index contributed by atoms with van der Waals surface area (Å²) >= 11 is 12.0. The molecule has 0 aromatic heterocycles. The maximum Gasteiger partial charge on any atom is 0.408 e. The standard InChI is InChI=1S/C32H48Cl2N4O7/c1-19(2)25(28(41)38-17-11-13-24(38)29(42)44-31(3,4)5)37-27(40)23(36-30(43)45-32(6,7)8)12-9-10-16-35-26(39)21-15-14-20(33)18-22(21)34/h14-15,18-19,23-25H,9-13,16-17H2,1-8H3,(H,35,39)(H,36,43)(H,37,40)/t23-,24-,25-/m0/s1. The summed E-state index contributed by atoms with van der Waals surface area (Å²) in [6.07, 6.45) is 1.50. The van der Waals surface area contributed by atoms with E-state index in [1.54, 1.807) is 61.5 Å². The lowest BCUT2D eigenvalue weighted by atomic mass is 10.0. The third-order valence-electron chi connectivity index (χ3n) is 6.83. The van der Waals surface area contributed by atoms with Crippen LogP contribution in [-0.4, -0.2) is 77.1 Å². The van der Waals surface area contributed by atoms with Crippen LogP contribution in [-0.2, 0) is 23.9 Å². The van der Waals surface area contributed by atoms with E-state index in [4.69, 9.17) is 32.7 Å². The molecule has 1 fully saturated rings. The lowest BCUT2D eigenvalue weighted by molar-refractivity contribution is -0.163. The van der Waals surface area contributed by atoms with Gasteiger partial charge >= 0.3 is 12.1 Å². The van der Waals surface area contributed by atoms with Crippen LogP contribution in [0, 0.1) is 5.92 Å². The zero-order valence-electron chi connectivity index (χ0n) is 27.6. The van der Waals surface area contributed by atoms with Crippen molar-refractivity contribution in [1.29, 1.82) is 0 Å². The van der Waals surface area contributed by atoms with E-state index >= 15 is 0 Å². The topological polar surface area (TPSA) is 143 Å². The smallest absolute Gasteiger partial charge is 0.408 e. The predicted octanol–water partition coefficient (Wildman–Crippen LogP) is 5.26. The van der Waals surface area contributed by atoms with E-state index in [2.05, 4.69) is 16.0 Å². The fraction of sp³-hybridized carbons (Fsp3) is 0.656. The fourth-order valence-electron chi connectivity index (χ4n) is 4.75. The zero-order valence-corrected chi connectivity index (χ0v) is 29.1. The minimum atomic E-state index is -1.02. The van der Waals surface area contributed by atoms with E-state index < -0.39 is 47.3 Å². The molecule has 0 radical (unpaired) electrons. The molecule has 0 bridgehead atoms. The Kier molecular flexibility index (Phi) is 14.0. The minimum Gasteiger partial charge on any atom is -0.458 e. The van der Waals surface area contributed by atoms with Gasteiger partial charge in [0.05, 0.1) is 10.6 Å². The Morgan fingerprint density at radius 2 is 1.60 bits per heavy atom. The van der Waals surface area contributed by atoms with Crippen molar-refractivity contribution >= 4 is 53.0 Å². The number of hydrogen-bond donors (Lipinski definition) is 3. The number of benzene rings is 1. The zero-order chi connectivity index (χ0) is 34.1. The molecule has 252 valence electrons. The monoisotopic (exact) mass is 670 g/mol. The molecule has 3 atom stereocenters. The average molecular weight is 672 g/mol. The van der Waals surface area contributed by atoms with Crippen LogP contribution in [0.25, 0.3) is 0 Å². The molecule has 0 aliphatic carbocycles. The molecule has 45 heavy (non-hydrogen) atoms. The molecular formula is C32H48Cl2N4O7. The molecule has 0 saturated carbocycles. The van der Waals surface area contributed by atoms with E-state index in [0.717, 1.165) is 0 Å². The highest BCUT2D eigenvalue weighted by Gasteiger charge is 2.41. The van der Waals surface area contributed by atoms with Crippen molar-refractivity contribution in [2.75, 3.05) is 13.1 Å². The Labute approximate surface area is 276 Å². The molecule has 3 N–H and O–H groups in total. The molecule has 1 aliphatic rings. The van der Waals surface area contributed by atoms with Crippen LogP contribution in [0.2, 0.25) is 10.0 Å². The number of carbonyl (C=O) groups is 5. The van der Waals surface area contributed by atoms with E-state index in [1.165, 1.54) is 17.0 Å². The van der Waals surface area contributed by atoms with Gasteiger partial charge in [0.15, 0.2) is 0 Å². The molecule has 1 aromatic carbocycles. The van der Waals surface area contributed by atoms with Gasteiger partial charge in [-0.1, -0.05) is 37.0 Å². The lowest BCUT2D eigenvalue weighted by Gasteiger charge is -2.32. The Hall–Kier alpha value is -3.05. The number of likely N-dealkylation sites (tertiary alicyclic amines) is 1. The molecule has 0 unspecified atom stereocenters. The molecule has 1 aromatic rings. The largest absolute Gasteiger partial charge is 0.458 e. The van der Waals surface area contributed by atoms with Crippen molar-refractivity contribution in [1.82, 2.24) is 20.9 Å². The summed E-state index contributed by atoms with van der Waals surface area (Å²) in [5.74, 6) is -2.08. The van der Waals surface area contributed by atoms with Crippen molar-refractivity contribution < 1.29 is 33.4 Å². The first kappa shape index (κ1) is 38.1. The molecule has 0 spiro atoms. The maximum absolute atomic E-state index is 13.7. The van der Waals surface area contributed by atoms with Crippen molar-refractivity contribution in [3.63, 3.8) is 0 Å². The SMILES string of the molecule is CC(C)[C@H](NC(=O)[C@H](CCCCNC(=O)c1ccc(Cl)cc1Cl)NC(=O)OC(C)(C)C)C(=O)N1CCC[C@H]1C(=O)OC(C)(C)C. The van der Waals surface area contributed by atoms with Crippen LogP contribution in [0.1, 0.15) is 97.9 Å². The van der Waals surface area contributed by atoms with Crippen LogP contribution in [0.5, 0.6) is 0 Å². The molecule has 2 rings (SSSR count). The third-order valence-corrected chi connectivity index (χ3v) is 7.38. The van der Waals surface area contributed by atoms with Gasteiger partial charge in [-0.05, 0) is 97.8 Å². The second-order valence-electron chi connectivity index (χ2n) is 13.5. The number of nitrogens with zero attached hydrogens (tertiary/aromatic N) is 1. The van der Waals surface area contributed by atoms with Crippen molar-refractivity contribution in [2.45, 2.75) is 117 Å². The van der Waals surface area contributed by atoms with Gasteiger partial charge in [-0.2, -0.15) is 0 Å². The first-order valence-electron chi connectivity index (χ1n) is 15.4. The number of carbonyl (C=O) groups excluding carboxylic acids is 5. The molecule has 1 heterocycles. The summed E-state index contributed by atoms with van der Waals surface area (Å²) in [4.78, 5) is 66.7. The highest BCUT2D eigenvalue weighted by molar-refractivity contribution is 6.36. The highest BCUT2D eigenvalue weighted by Crippen LogP contribution is 2.24. The summed E-state index contributed by atoms with van der Waals surface area (Å²) in [5.41, 5.74) is -1.20. The summed E-state index contributed by atoms with van der Waals surface area (Å²) < 4.78 is 10.9. The van der Waals surface area contributed by atoms with Gasteiger partial charge < -0.3 is 30.3 Å². The Balaban J connectivity index is 2.09. The van der Waals surface area contributed by atoms with Gasteiger partial charge in [0.2, 0.25) is 11.8 Å². The summed E-state index contributed by atoms with van der Waals surface area (Å²) in [6, 6.07) is 1.91. The Bertz CT molecular complexity index is 1230. The normalized spacial score (nSPS) is 16.5. The molecule has 1 saturated heterocycles. The number of esters is 1. The van der Waals surface area contributed by atoms with Crippen molar-refractivity contribution in [2.24, 2.45) is 5.92 Å². The van der Waals surface area contributed by atoms with Crippen LogP contribution >= 0.6 is 23.2 Å². The van der Waals surface area contributed by atoms with Crippen LogP contribution in [0.4, 0.5) is 4.79 Å². The Morgan fingerprint density at radius 1 is 0.956 bits per heavy atom. The predicted molar refractivity (Wildman–Crippen MR) is 173 cm³/mol. The van der Waals surface area contributed by atoms with Gasteiger partial charge in [0, 0.05) is 18.1 Å². The number of unbranched alkanes of at least 4 members (excludes halogenated alkanes) is 1. The van der Waals surface area contributed by atoms with E-state index in [1.807, 2.05) is 0 Å². The van der Waals surface area contributed by atoms with E-state index in [-0.39, 0.29) is 29.2 Å². The molecular weight excluding hydrogens is 623 g/mol. The fourth-order valence-corrected chi connectivity index (χ4v) is 5.25. The van der Waals surface area contributed by atoms with Crippen molar-refractivity contribution in [3.8, 4) is 0 Å². The third kappa shape index (κ3) is 12.7. The Morgan fingerprint density at radius 3 is 2.18 bits per heavy atom. The van der Waals surface area contributed by atoms with Gasteiger partial charge in [-0.15, -0.1) is 0 Å². The number of amides is 4. The summed E-state index contributed by atoms with van der Waals surface area (Å²) in [7, 11) is 0. The number of rotatable bonds is 12. The molecule has 13 heteroatoms. The number of hydrogen-bond acceptors (Lipinski definition) is 7. The van der Waals surface area contributed by atoms with Crippen LogP contribution < -0.4 is 16.0 Å². The number of halogens is 2. The number of nitrogens with one attached hydrogen (secondary N) is 3. The first-order valence-corrected chi connectivity index (χ1v) is 16.1. The number of ether oxygens (including phenoxy) is 2. The second-order valence-corrected chi connectivity index (χ2v) is 14.4. The molecule has 4 amide bonds. The average Bonchev–Trinajstić information content (AvgIpc) is 3.38. The van der Waals surface area contributed by atoms with Crippen molar-refractivity contribution in [3.05, 3.63) is 33.8 Å². The number of alkyl carbamates (subject to hydrolysis) is 1. The molecule has 1 aliphatic heterocycles. The van der Waals surface area contributed by atoms with E-state index in [0.29, 0.717) is 49.4 Å². The van der Waals surface area contributed by atoms with Gasteiger partial charge in [0.25, 0.3) is 5.91 Å². The van der Waals surface area contributed by atoms with E-state index in [9.17, 15) is 24.0 Å². The summed E-state index contributed by atoms with van der Waals surface area (Å²) in [5, 5.41) is 8.88. The van der Waals surface area contributed by atoms with Gasteiger partial charge in [-0.3, -0.25) is 14.4 Å². The van der Waals surface area contributed by atoms with Gasteiger partial charge in [-0.25, -0.2) is 9.59 Å². The maximum atomic E-state index is 13.7. The lowest BCUT2D eigenvalue weighted by Crippen LogP contribution is -2.58. The summed E-state index contributed by atoms with van der Waals surface area (Å²) in [6.45, 7) is 14.7.